The first-order chi connectivity index (χ1) is 5.70. The van der Waals surface area contributed by atoms with Gasteiger partial charge in [0.2, 0.25) is 5.91 Å². The van der Waals surface area contributed by atoms with E-state index < -0.39 is 5.91 Å². The predicted molar refractivity (Wildman–Crippen MR) is 48.0 cm³/mol. The zero-order valence-electron chi connectivity index (χ0n) is 7.05. The highest BCUT2D eigenvalue weighted by Crippen LogP contribution is 2.20. The molecule has 0 radical (unpaired) electrons. The Kier molecular flexibility index (Phi) is 2.91. The van der Waals surface area contributed by atoms with Crippen LogP contribution in [0.3, 0.4) is 0 Å². The summed E-state index contributed by atoms with van der Waals surface area (Å²) in [6.07, 6.45) is 7.76. The topological polar surface area (TPSA) is 69.1 Å². The number of carbonyl (C=O) groups excluding carboxylic acids is 1. The molecule has 0 saturated heterocycles. The van der Waals surface area contributed by atoms with E-state index in [0.29, 0.717) is 5.70 Å². The summed E-state index contributed by atoms with van der Waals surface area (Å²) in [5.41, 5.74) is 12.2. The lowest BCUT2D eigenvalue weighted by Crippen LogP contribution is -2.12. The first-order valence-electron chi connectivity index (χ1n) is 4.16. The first kappa shape index (κ1) is 8.84. The summed E-state index contributed by atoms with van der Waals surface area (Å²) < 4.78 is 0. The van der Waals surface area contributed by atoms with Crippen LogP contribution in [-0.4, -0.2) is 5.91 Å². The van der Waals surface area contributed by atoms with Gasteiger partial charge in [0.15, 0.2) is 0 Å². The van der Waals surface area contributed by atoms with Crippen molar-refractivity contribution < 1.29 is 4.79 Å². The van der Waals surface area contributed by atoms with Gasteiger partial charge in [0.25, 0.3) is 0 Å². The number of allylic oxidation sites excluding steroid dienone is 2. The number of hydrogen-bond donors (Lipinski definition) is 2. The molecule has 0 aliphatic heterocycles. The molecule has 0 fully saturated rings. The van der Waals surface area contributed by atoms with Crippen LogP contribution in [0.25, 0.3) is 0 Å². The third-order valence-corrected chi connectivity index (χ3v) is 1.96. The Labute approximate surface area is 72.1 Å². The van der Waals surface area contributed by atoms with Crippen molar-refractivity contribution in [3.63, 3.8) is 0 Å². The van der Waals surface area contributed by atoms with E-state index in [-0.39, 0.29) is 0 Å². The maximum absolute atomic E-state index is 10.5. The smallest absolute Gasteiger partial charge is 0.243 e. The second-order valence-electron chi connectivity index (χ2n) is 2.98. The van der Waals surface area contributed by atoms with E-state index in [2.05, 4.69) is 6.08 Å². The van der Waals surface area contributed by atoms with E-state index in [1.807, 2.05) is 0 Å². The molecule has 0 saturated carbocycles. The lowest BCUT2D eigenvalue weighted by atomic mass is 9.97. The van der Waals surface area contributed by atoms with Crippen LogP contribution < -0.4 is 11.5 Å². The van der Waals surface area contributed by atoms with Gasteiger partial charge in [0.1, 0.15) is 0 Å². The van der Waals surface area contributed by atoms with Crippen LogP contribution in [0.5, 0.6) is 0 Å². The molecule has 4 N–H and O–H groups in total. The van der Waals surface area contributed by atoms with Crippen LogP contribution in [0.2, 0.25) is 0 Å². The summed E-state index contributed by atoms with van der Waals surface area (Å²) in [6, 6.07) is 0. The molecule has 0 bridgehead atoms. The summed E-state index contributed by atoms with van der Waals surface area (Å²) >= 11 is 0. The summed E-state index contributed by atoms with van der Waals surface area (Å²) in [5.74, 6) is -0.473. The SMILES string of the molecule is NC(=O)C=C(N)C1=CCCCC1. The van der Waals surface area contributed by atoms with Crippen molar-refractivity contribution in [3.8, 4) is 0 Å². The molecule has 0 atom stereocenters. The predicted octanol–water partition coefficient (Wildman–Crippen LogP) is 0.815. The Balaban J connectivity index is 2.68. The molecule has 0 heterocycles. The maximum Gasteiger partial charge on any atom is 0.243 e. The standard InChI is InChI=1S/C9H14N2O/c10-8(6-9(11)12)7-4-2-1-3-5-7/h4,6H,1-3,5,10H2,(H2,11,12). The Bertz CT molecular complexity index is 241. The zero-order valence-corrected chi connectivity index (χ0v) is 7.05. The fourth-order valence-corrected chi connectivity index (χ4v) is 1.35. The number of carbonyl (C=O) groups is 1. The van der Waals surface area contributed by atoms with Crippen molar-refractivity contribution in [2.45, 2.75) is 25.7 Å². The molecular weight excluding hydrogens is 152 g/mol. The Morgan fingerprint density at radius 2 is 2.17 bits per heavy atom. The summed E-state index contributed by atoms with van der Waals surface area (Å²) in [4.78, 5) is 10.5. The van der Waals surface area contributed by atoms with Gasteiger partial charge in [0.05, 0.1) is 0 Å². The average molecular weight is 166 g/mol. The fourth-order valence-electron chi connectivity index (χ4n) is 1.35. The molecule has 1 amide bonds. The fraction of sp³-hybridized carbons (Fsp3) is 0.444. The minimum absolute atomic E-state index is 0.473. The number of primary amides is 1. The van der Waals surface area contributed by atoms with Gasteiger partial charge in [-0.15, -0.1) is 0 Å². The van der Waals surface area contributed by atoms with Gasteiger partial charge in [-0.3, -0.25) is 4.79 Å². The van der Waals surface area contributed by atoms with Crippen LogP contribution in [0.15, 0.2) is 23.4 Å². The number of hydrogen-bond acceptors (Lipinski definition) is 2. The second-order valence-corrected chi connectivity index (χ2v) is 2.98. The van der Waals surface area contributed by atoms with Gasteiger partial charge in [-0.05, 0) is 31.3 Å². The molecule has 66 valence electrons. The monoisotopic (exact) mass is 166 g/mol. The van der Waals surface area contributed by atoms with Gasteiger partial charge < -0.3 is 11.5 Å². The molecule has 0 aromatic carbocycles. The molecule has 1 aliphatic carbocycles. The molecule has 0 aromatic rings. The molecule has 0 unspecified atom stereocenters. The van der Waals surface area contributed by atoms with Crippen LogP contribution >= 0.6 is 0 Å². The van der Waals surface area contributed by atoms with Crippen molar-refractivity contribution in [2.75, 3.05) is 0 Å². The van der Waals surface area contributed by atoms with Crippen molar-refractivity contribution in [2.24, 2.45) is 11.5 Å². The summed E-state index contributed by atoms with van der Waals surface area (Å²) in [5, 5.41) is 0. The van der Waals surface area contributed by atoms with E-state index in [1.54, 1.807) is 0 Å². The molecule has 0 spiro atoms. The highest BCUT2D eigenvalue weighted by atomic mass is 16.1. The number of nitrogens with two attached hydrogens (primary N) is 2. The van der Waals surface area contributed by atoms with Crippen LogP contribution in [0.1, 0.15) is 25.7 Å². The largest absolute Gasteiger partial charge is 0.398 e. The van der Waals surface area contributed by atoms with E-state index >= 15 is 0 Å². The lowest BCUT2D eigenvalue weighted by molar-refractivity contribution is -0.113. The lowest BCUT2D eigenvalue weighted by Gasteiger charge is -2.11. The highest BCUT2D eigenvalue weighted by Gasteiger charge is 2.06. The minimum atomic E-state index is -0.473. The van der Waals surface area contributed by atoms with Crippen LogP contribution in [-0.2, 0) is 4.79 Å². The molecule has 1 rings (SSSR count). The Hall–Kier alpha value is -1.25. The van der Waals surface area contributed by atoms with E-state index in [1.165, 1.54) is 12.5 Å². The minimum Gasteiger partial charge on any atom is -0.398 e. The summed E-state index contributed by atoms with van der Waals surface area (Å²) in [7, 11) is 0. The van der Waals surface area contributed by atoms with E-state index in [4.69, 9.17) is 11.5 Å². The third-order valence-electron chi connectivity index (χ3n) is 1.96. The molecule has 3 nitrogen and oxygen atoms in total. The zero-order chi connectivity index (χ0) is 8.97. The van der Waals surface area contributed by atoms with Gasteiger partial charge in [0, 0.05) is 11.8 Å². The molecule has 3 heteroatoms. The van der Waals surface area contributed by atoms with Crippen LogP contribution in [0, 0.1) is 0 Å². The molecular formula is C9H14N2O. The van der Waals surface area contributed by atoms with Gasteiger partial charge in [-0.2, -0.15) is 0 Å². The van der Waals surface area contributed by atoms with Crippen molar-refractivity contribution in [1.82, 2.24) is 0 Å². The Morgan fingerprint density at radius 1 is 1.42 bits per heavy atom. The van der Waals surface area contributed by atoms with Gasteiger partial charge in [-0.25, -0.2) is 0 Å². The van der Waals surface area contributed by atoms with E-state index in [9.17, 15) is 4.79 Å². The van der Waals surface area contributed by atoms with Gasteiger partial charge in [-0.1, -0.05) is 6.08 Å². The molecule has 12 heavy (non-hydrogen) atoms. The average Bonchev–Trinajstić information content (AvgIpc) is 2.05. The summed E-state index contributed by atoms with van der Waals surface area (Å²) in [6.45, 7) is 0. The maximum atomic E-state index is 10.5. The van der Waals surface area contributed by atoms with Crippen molar-refractivity contribution in [3.05, 3.63) is 23.4 Å². The third kappa shape index (κ3) is 2.42. The number of rotatable bonds is 2. The van der Waals surface area contributed by atoms with Crippen molar-refractivity contribution >= 4 is 5.91 Å². The number of amides is 1. The van der Waals surface area contributed by atoms with Crippen LogP contribution in [0.4, 0.5) is 0 Å². The molecule has 1 aliphatic rings. The first-order valence-corrected chi connectivity index (χ1v) is 4.16. The Morgan fingerprint density at radius 3 is 2.67 bits per heavy atom. The van der Waals surface area contributed by atoms with E-state index in [0.717, 1.165) is 24.8 Å². The quantitative estimate of drug-likeness (QED) is 0.596. The second kappa shape index (κ2) is 3.95. The molecule has 0 aromatic heterocycles. The highest BCUT2D eigenvalue weighted by molar-refractivity contribution is 5.87. The normalized spacial score (nSPS) is 18.7. The van der Waals surface area contributed by atoms with Gasteiger partial charge >= 0.3 is 0 Å². The van der Waals surface area contributed by atoms with Crippen molar-refractivity contribution in [1.29, 1.82) is 0 Å².